The van der Waals surface area contributed by atoms with Gasteiger partial charge in [-0.05, 0) is 30.2 Å². The van der Waals surface area contributed by atoms with Crippen molar-refractivity contribution in [2.45, 2.75) is 25.9 Å². The molecule has 1 aromatic rings. The van der Waals surface area contributed by atoms with Gasteiger partial charge in [0.15, 0.2) is 0 Å². The van der Waals surface area contributed by atoms with Crippen molar-refractivity contribution in [3.05, 3.63) is 33.3 Å². The molecule has 0 aliphatic heterocycles. The second-order valence-corrected chi connectivity index (χ2v) is 4.93. The largest absolute Gasteiger partial charge is 0.387 e. The summed E-state index contributed by atoms with van der Waals surface area (Å²) in [6.07, 6.45) is 0.752. The highest BCUT2D eigenvalue weighted by Crippen LogP contribution is 2.32. The Hall–Kier alpha value is -0.560. The number of benzene rings is 1. The van der Waals surface area contributed by atoms with Crippen LogP contribution in [0.1, 0.15) is 31.4 Å². The van der Waals surface area contributed by atoms with Gasteiger partial charge in [0.05, 0.1) is 18.1 Å². The molecule has 16 heavy (non-hydrogen) atoms. The summed E-state index contributed by atoms with van der Waals surface area (Å²) in [6.45, 7) is 1.99. The predicted molar refractivity (Wildman–Crippen MR) is 68.1 cm³/mol. The molecular weight excluding hydrogens is 289 g/mol. The van der Waals surface area contributed by atoms with Crippen molar-refractivity contribution < 1.29 is 5.11 Å². The lowest BCUT2D eigenvalue weighted by Crippen LogP contribution is -2.11. The summed E-state index contributed by atoms with van der Waals surface area (Å²) in [4.78, 5) is 0. The number of nitrogens with zero attached hydrogens (tertiary/aromatic N) is 1. The Labute approximate surface area is 109 Å². The van der Waals surface area contributed by atoms with Gasteiger partial charge in [-0.2, -0.15) is 5.26 Å². The molecule has 86 valence electrons. The molecule has 1 rings (SSSR count). The van der Waals surface area contributed by atoms with Crippen LogP contribution in [0.5, 0.6) is 0 Å². The normalized spacial score (nSPS) is 14.2. The molecule has 4 heteroatoms. The second kappa shape index (κ2) is 6.24. The van der Waals surface area contributed by atoms with E-state index in [4.69, 9.17) is 16.9 Å². The first kappa shape index (κ1) is 13.5. The smallest absolute Gasteiger partial charge is 0.0959 e. The molecule has 2 unspecified atom stereocenters. The first-order valence-electron chi connectivity index (χ1n) is 5.12. The molecule has 0 saturated carbocycles. The monoisotopic (exact) mass is 301 g/mol. The van der Waals surface area contributed by atoms with E-state index in [-0.39, 0.29) is 5.92 Å². The molecule has 0 heterocycles. The van der Waals surface area contributed by atoms with Gasteiger partial charge in [0.25, 0.3) is 0 Å². The van der Waals surface area contributed by atoms with Crippen molar-refractivity contribution in [2.24, 2.45) is 5.92 Å². The van der Waals surface area contributed by atoms with Crippen molar-refractivity contribution in [3.63, 3.8) is 0 Å². The zero-order chi connectivity index (χ0) is 12.1. The van der Waals surface area contributed by atoms with Crippen molar-refractivity contribution in [1.82, 2.24) is 0 Å². The molecule has 0 amide bonds. The average Bonchev–Trinajstić information content (AvgIpc) is 2.28. The van der Waals surface area contributed by atoms with E-state index in [0.29, 0.717) is 17.0 Å². The number of aliphatic hydroxyl groups is 1. The Kier molecular flexibility index (Phi) is 5.27. The average molecular weight is 303 g/mol. The van der Waals surface area contributed by atoms with E-state index < -0.39 is 6.10 Å². The van der Waals surface area contributed by atoms with Crippen molar-refractivity contribution in [2.75, 3.05) is 0 Å². The van der Waals surface area contributed by atoms with Crippen molar-refractivity contribution >= 4 is 27.5 Å². The molecule has 1 aromatic carbocycles. The Morgan fingerprint density at radius 3 is 2.81 bits per heavy atom. The Bertz CT molecular complexity index is 402. The maximum absolute atomic E-state index is 10.1. The molecule has 0 aliphatic rings. The van der Waals surface area contributed by atoms with Gasteiger partial charge in [-0.1, -0.05) is 40.9 Å². The van der Waals surface area contributed by atoms with Crippen LogP contribution in [0, 0.1) is 17.2 Å². The maximum atomic E-state index is 10.1. The van der Waals surface area contributed by atoms with Gasteiger partial charge in [-0.15, -0.1) is 0 Å². The lowest BCUT2D eigenvalue weighted by molar-refractivity contribution is 0.129. The number of aliphatic hydroxyl groups excluding tert-OH is 1. The first-order valence-corrected chi connectivity index (χ1v) is 6.29. The third-order valence-electron chi connectivity index (χ3n) is 2.42. The van der Waals surface area contributed by atoms with Crippen LogP contribution in [0.2, 0.25) is 5.02 Å². The van der Waals surface area contributed by atoms with E-state index >= 15 is 0 Å². The first-order chi connectivity index (χ1) is 7.60. The van der Waals surface area contributed by atoms with E-state index in [1.54, 1.807) is 18.2 Å². The van der Waals surface area contributed by atoms with Gasteiger partial charge < -0.3 is 5.11 Å². The molecule has 0 radical (unpaired) electrons. The molecule has 2 nitrogen and oxygen atoms in total. The molecule has 0 bridgehead atoms. The number of nitriles is 1. The summed E-state index contributed by atoms with van der Waals surface area (Å²) in [5.74, 6) is -0.389. The number of rotatable bonds is 4. The van der Waals surface area contributed by atoms with E-state index in [2.05, 4.69) is 22.0 Å². The second-order valence-electron chi connectivity index (χ2n) is 3.63. The lowest BCUT2D eigenvalue weighted by atomic mass is 9.93. The number of hydrogen-bond donors (Lipinski definition) is 1. The summed E-state index contributed by atoms with van der Waals surface area (Å²) in [6, 6.07) is 7.34. The summed E-state index contributed by atoms with van der Waals surface area (Å²) in [5.41, 5.74) is 0.674. The number of hydrogen-bond acceptors (Lipinski definition) is 2. The highest BCUT2D eigenvalue weighted by molar-refractivity contribution is 9.10. The minimum Gasteiger partial charge on any atom is -0.387 e. The molecule has 0 saturated heterocycles. The molecule has 2 atom stereocenters. The minimum absolute atomic E-state index is 0.389. The van der Waals surface area contributed by atoms with Crippen molar-refractivity contribution in [1.29, 1.82) is 5.26 Å². The summed E-state index contributed by atoms with van der Waals surface area (Å²) < 4.78 is 0.778. The van der Waals surface area contributed by atoms with E-state index in [1.807, 2.05) is 6.92 Å². The third kappa shape index (κ3) is 3.21. The van der Waals surface area contributed by atoms with Gasteiger partial charge in [-0.25, -0.2) is 0 Å². The fourth-order valence-corrected chi connectivity index (χ4v) is 2.22. The topological polar surface area (TPSA) is 44.0 Å². The van der Waals surface area contributed by atoms with E-state index in [1.165, 1.54) is 0 Å². The van der Waals surface area contributed by atoms with Gasteiger partial charge in [0.1, 0.15) is 0 Å². The van der Waals surface area contributed by atoms with Gasteiger partial charge >= 0.3 is 0 Å². The Morgan fingerprint density at radius 2 is 2.25 bits per heavy atom. The molecule has 0 spiro atoms. The number of halogens is 2. The highest BCUT2D eigenvalue weighted by Gasteiger charge is 2.21. The summed E-state index contributed by atoms with van der Waals surface area (Å²) in [5, 5.41) is 19.7. The predicted octanol–water partition coefficient (Wildman–Crippen LogP) is 4.08. The molecular formula is C12H13BrClNO. The zero-order valence-corrected chi connectivity index (χ0v) is 11.3. The SMILES string of the molecule is CCCC(C#N)C(O)c1cc(Cl)ccc1Br. The Balaban J connectivity index is 2.98. The lowest BCUT2D eigenvalue weighted by Gasteiger charge is -2.17. The van der Waals surface area contributed by atoms with Crippen LogP contribution in [0.25, 0.3) is 0 Å². The molecule has 0 aliphatic carbocycles. The fraction of sp³-hybridized carbons (Fsp3) is 0.417. The Morgan fingerprint density at radius 1 is 1.56 bits per heavy atom. The van der Waals surface area contributed by atoms with Crippen LogP contribution in [-0.2, 0) is 0 Å². The van der Waals surface area contributed by atoms with Crippen LogP contribution in [0.15, 0.2) is 22.7 Å². The van der Waals surface area contributed by atoms with E-state index in [0.717, 1.165) is 10.9 Å². The van der Waals surface area contributed by atoms with Crippen LogP contribution in [0.3, 0.4) is 0 Å². The third-order valence-corrected chi connectivity index (χ3v) is 3.38. The van der Waals surface area contributed by atoms with Crippen LogP contribution < -0.4 is 0 Å². The zero-order valence-electron chi connectivity index (χ0n) is 8.95. The van der Waals surface area contributed by atoms with Crippen molar-refractivity contribution in [3.8, 4) is 6.07 Å². The van der Waals surface area contributed by atoms with Crippen LogP contribution in [-0.4, -0.2) is 5.11 Å². The van der Waals surface area contributed by atoms with Gasteiger partial charge in [-0.3, -0.25) is 0 Å². The summed E-state index contributed by atoms with van der Waals surface area (Å²) in [7, 11) is 0. The van der Waals surface area contributed by atoms with Gasteiger partial charge in [0, 0.05) is 9.50 Å². The van der Waals surface area contributed by atoms with E-state index in [9.17, 15) is 5.11 Å². The standard InChI is InChI=1S/C12H13BrClNO/c1-2-3-8(7-15)12(16)10-6-9(14)4-5-11(10)13/h4-6,8,12,16H,2-3H2,1H3. The molecule has 0 aromatic heterocycles. The van der Waals surface area contributed by atoms with Crippen LogP contribution in [0.4, 0.5) is 0 Å². The van der Waals surface area contributed by atoms with Crippen LogP contribution >= 0.6 is 27.5 Å². The molecule has 0 fully saturated rings. The molecule has 1 N–H and O–H groups in total. The summed E-state index contributed by atoms with van der Waals surface area (Å²) >= 11 is 9.22. The quantitative estimate of drug-likeness (QED) is 0.911. The highest BCUT2D eigenvalue weighted by atomic mass is 79.9. The van der Waals surface area contributed by atoms with Gasteiger partial charge in [0.2, 0.25) is 0 Å². The fourth-order valence-electron chi connectivity index (χ4n) is 1.56. The minimum atomic E-state index is -0.793. The maximum Gasteiger partial charge on any atom is 0.0959 e.